The van der Waals surface area contributed by atoms with Gasteiger partial charge in [0, 0.05) is 16.9 Å². The number of nitrogens with zero attached hydrogens (tertiary/aromatic N) is 3. The summed E-state index contributed by atoms with van der Waals surface area (Å²) < 4.78 is 2.24. The van der Waals surface area contributed by atoms with Crippen molar-refractivity contribution in [3.63, 3.8) is 0 Å². The molecule has 0 fully saturated rings. The van der Waals surface area contributed by atoms with Crippen LogP contribution in [0.2, 0.25) is 0 Å². The Kier molecular flexibility index (Phi) is 5.95. The van der Waals surface area contributed by atoms with Gasteiger partial charge in [0.2, 0.25) is 0 Å². The zero-order valence-corrected chi connectivity index (χ0v) is 17.9. The normalized spacial score (nSPS) is 11.1. The zero-order chi connectivity index (χ0) is 19.6. The number of aryl methyl sites for hydroxylation is 4. The number of rotatable bonds is 7. The summed E-state index contributed by atoms with van der Waals surface area (Å²) in [4.78, 5) is 1.32. The van der Waals surface area contributed by atoms with Crippen molar-refractivity contribution >= 4 is 16.9 Å². The molecule has 2 aromatic heterocycles. The smallest absolute Gasteiger partial charge is 0.138 e. The van der Waals surface area contributed by atoms with Gasteiger partial charge in [-0.05, 0) is 55.9 Å². The molecule has 0 radical (unpaired) electrons. The Labute approximate surface area is 166 Å². The zero-order valence-electron chi connectivity index (χ0n) is 17.1. The van der Waals surface area contributed by atoms with Crippen LogP contribution >= 0.6 is 11.3 Å². The summed E-state index contributed by atoms with van der Waals surface area (Å²) >= 11 is 1.81. The summed E-state index contributed by atoms with van der Waals surface area (Å²) in [6.45, 7) is 15.3. The van der Waals surface area contributed by atoms with E-state index in [1.165, 1.54) is 32.1 Å². The topological polar surface area (TPSA) is 30.7 Å². The summed E-state index contributed by atoms with van der Waals surface area (Å²) in [6, 6.07) is 8.78. The Morgan fingerprint density at radius 2 is 1.78 bits per heavy atom. The standard InChI is InChI=1S/C23H29N3S/c1-7-9-10-21-25-24-18(6)26(21)23-22(15(3)17(5)27-23)16(4)20-13-11-19(8-2)12-14-20/h11-14H,4,7-10H2,1-3,5-6H3. The highest BCUT2D eigenvalue weighted by Crippen LogP contribution is 2.38. The van der Waals surface area contributed by atoms with Crippen molar-refractivity contribution in [2.75, 3.05) is 0 Å². The average Bonchev–Trinajstić information content (AvgIpc) is 3.18. The molecule has 0 amide bonds. The largest absolute Gasteiger partial charge is 0.273 e. The van der Waals surface area contributed by atoms with Gasteiger partial charge >= 0.3 is 0 Å². The van der Waals surface area contributed by atoms with E-state index in [2.05, 4.69) is 73.3 Å². The number of hydrogen-bond donors (Lipinski definition) is 0. The average molecular weight is 380 g/mol. The summed E-state index contributed by atoms with van der Waals surface area (Å²) in [5.41, 5.74) is 6.12. The molecular formula is C23H29N3S. The van der Waals surface area contributed by atoms with E-state index < -0.39 is 0 Å². The van der Waals surface area contributed by atoms with Crippen molar-refractivity contribution in [3.8, 4) is 5.00 Å². The first-order valence-corrected chi connectivity index (χ1v) is 10.6. The third kappa shape index (κ3) is 3.77. The van der Waals surface area contributed by atoms with Gasteiger partial charge in [0.25, 0.3) is 0 Å². The van der Waals surface area contributed by atoms with E-state index in [1.54, 1.807) is 0 Å². The van der Waals surface area contributed by atoms with Gasteiger partial charge in [0.15, 0.2) is 0 Å². The molecule has 142 valence electrons. The number of hydrogen-bond acceptors (Lipinski definition) is 3. The fourth-order valence-corrected chi connectivity index (χ4v) is 4.63. The van der Waals surface area contributed by atoms with Gasteiger partial charge in [-0.1, -0.05) is 51.1 Å². The maximum atomic E-state index is 4.47. The molecule has 3 rings (SSSR count). The highest BCUT2D eigenvalue weighted by Gasteiger charge is 2.21. The van der Waals surface area contributed by atoms with E-state index in [0.29, 0.717) is 0 Å². The molecule has 0 aliphatic carbocycles. The van der Waals surface area contributed by atoms with Crippen molar-refractivity contribution in [1.82, 2.24) is 14.8 Å². The van der Waals surface area contributed by atoms with Gasteiger partial charge in [-0.2, -0.15) is 0 Å². The Bertz CT molecular complexity index is 945. The minimum absolute atomic E-state index is 0.942. The maximum absolute atomic E-state index is 4.47. The molecule has 0 saturated heterocycles. The van der Waals surface area contributed by atoms with E-state index in [1.807, 2.05) is 18.3 Å². The van der Waals surface area contributed by atoms with Crippen LogP contribution in [0, 0.1) is 20.8 Å². The molecule has 1 aromatic carbocycles. The van der Waals surface area contributed by atoms with Crippen LogP contribution in [0.5, 0.6) is 0 Å². The minimum atomic E-state index is 0.942. The van der Waals surface area contributed by atoms with Crippen LogP contribution in [0.25, 0.3) is 10.6 Å². The van der Waals surface area contributed by atoms with E-state index in [4.69, 9.17) is 0 Å². The minimum Gasteiger partial charge on any atom is -0.273 e. The number of aromatic nitrogens is 3. The predicted molar refractivity (Wildman–Crippen MR) is 116 cm³/mol. The van der Waals surface area contributed by atoms with Crippen molar-refractivity contribution in [1.29, 1.82) is 0 Å². The first-order valence-electron chi connectivity index (χ1n) is 9.77. The second-order valence-electron chi connectivity index (χ2n) is 7.09. The third-order valence-corrected chi connectivity index (χ3v) is 6.42. The Morgan fingerprint density at radius 1 is 1.07 bits per heavy atom. The van der Waals surface area contributed by atoms with Gasteiger partial charge in [-0.25, -0.2) is 0 Å². The van der Waals surface area contributed by atoms with Crippen LogP contribution in [0.4, 0.5) is 0 Å². The monoisotopic (exact) mass is 379 g/mol. The van der Waals surface area contributed by atoms with E-state index in [-0.39, 0.29) is 0 Å². The van der Waals surface area contributed by atoms with Crippen LogP contribution in [0.3, 0.4) is 0 Å². The van der Waals surface area contributed by atoms with E-state index in [9.17, 15) is 0 Å². The molecule has 3 nitrogen and oxygen atoms in total. The van der Waals surface area contributed by atoms with Crippen molar-refractivity contribution in [2.24, 2.45) is 0 Å². The summed E-state index contributed by atoms with van der Waals surface area (Å²) in [7, 11) is 0. The van der Waals surface area contributed by atoms with E-state index in [0.717, 1.165) is 42.9 Å². The Morgan fingerprint density at radius 3 is 2.41 bits per heavy atom. The van der Waals surface area contributed by atoms with Gasteiger partial charge in [0.05, 0.1) is 0 Å². The fraction of sp³-hybridized carbons (Fsp3) is 0.391. The first kappa shape index (κ1) is 19.6. The maximum Gasteiger partial charge on any atom is 0.138 e. The molecule has 0 spiro atoms. The first-order chi connectivity index (χ1) is 13.0. The lowest BCUT2D eigenvalue weighted by Gasteiger charge is -2.13. The lowest BCUT2D eigenvalue weighted by Crippen LogP contribution is -2.04. The van der Waals surface area contributed by atoms with Gasteiger partial charge in [-0.15, -0.1) is 21.5 Å². The Balaban J connectivity index is 2.10. The highest BCUT2D eigenvalue weighted by atomic mass is 32.1. The van der Waals surface area contributed by atoms with E-state index >= 15 is 0 Å². The summed E-state index contributed by atoms with van der Waals surface area (Å²) in [5, 5.41) is 10.0. The number of thiophene rings is 1. The van der Waals surface area contributed by atoms with Crippen LogP contribution in [-0.4, -0.2) is 14.8 Å². The molecule has 0 N–H and O–H groups in total. The summed E-state index contributed by atoms with van der Waals surface area (Å²) in [6.07, 6.45) is 4.27. The molecule has 0 bridgehead atoms. The summed E-state index contributed by atoms with van der Waals surface area (Å²) in [5.74, 6) is 1.99. The van der Waals surface area contributed by atoms with Crippen LogP contribution in [0.1, 0.15) is 65.5 Å². The number of benzene rings is 1. The van der Waals surface area contributed by atoms with Gasteiger partial charge in [0.1, 0.15) is 16.6 Å². The van der Waals surface area contributed by atoms with Crippen molar-refractivity contribution in [3.05, 3.63) is 69.6 Å². The van der Waals surface area contributed by atoms with Crippen LogP contribution in [0.15, 0.2) is 30.8 Å². The molecule has 4 heteroatoms. The molecular weight excluding hydrogens is 350 g/mol. The quantitative estimate of drug-likeness (QED) is 0.488. The third-order valence-electron chi connectivity index (χ3n) is 5.23. The SMILES string of the molecule is C=C(c1ccc(CC)cc1)c1c(-n2c(C)nnc2CCCC)sc(C)c1C. The highest BCUT2D eigenvalue weighted by molar-refractivity contribution is 7.15. The predicted octanol–water partition coefficient (Wildman–Crippen LogP) is 6.22. The molecule has 0 saturated carbocycles. The van der Waals surface area contributed by atoms with Gasteiger partial charge in [-0.3, -0.25) is 4.57 Å². The molecule has 0 atom stereocenters. The molecule has 27 heavy (non-hydrogen) atoms. The fourth-order valence-electron chi connectivity index (χ4n) is 3.38. The lowest BCUT2D eigenvalue weighted by atomic mass is 9.96. The molecule has 0 unspecified atom stereocenters. The Hall–Kier alpha value is -2.20. The molecule has 0 aliphatic heterocycles. The second kappa shape index (κ2) is 8.22. The van der Waals surface area contributed by atoms with Gasteiger partial charge < -0.3 is 0 Å². The molecule has 0 aliphatic rings. The van der Waals surface area contributed by atoms with Crippen molar-refractivity contribution in [2.45, 2.75) is 60.3 Å². The van der Waals surface area contributed by atoms with Crippen LogP contribution < -0.4 is 0 Å². The van der Waals surface area contributed by atoms with Crippen LogP contribution in [-0.2, 0) is 12.8 Å². The lowest BCUT2D eigenvalue weighted by molar-refractivity contribution is 0.735. The number of unbranched alkanes of at least 4 members (excludes halogenated alkanes) is 1. The molecule has 2 heterocycles. The molecule has 3 aromatic rings. The van der Waals surface area contributed by atoms with Crippen molar-refractivity contribution < 1.29 is 0 Å². The second-order valence-corrected chi connectivity index (χ2v) is 8.30.